The van der Waals surface area contributed by atoms with E-state index in [1.54, 1.807) is 36.9 Å². The Hall–Kier alpha value is -3.61. The van der Waals surface area contributed by atoms with E-state index in [1.807, 2.05) is 29.2 Å². The lowest BCUT2D eigenvalue weighted by molar-refractivity contribution is -0.114. The smallest absolute Gasteiger partial charge is 0.253 e. The van der Waals surface area contributed by atoms with Crippen molar-refractivity contribution in [2.75, 3.05) is 18.4 Å². The number of rotatable bonds is 4. The number of carbonyl (C=O) groups is 2. The van der Waals surface area contributed by atoms with Gasteiger partial charge in [-0.2, -0.15) is 0 Å². The summed E-state index contributed by atoms with van der Waals surface area (Å²) in [6.07, 6.45) is 8.49. The van der Waals surface area contributed by atoms with Crippen LogP contribution in [-0.4, -0.2) is 44.8 Å². The molecule has 0 spiro atoms. The quantitative estimate of drug-likeness (QED) is 0.723. The summed E-state index contributed by atoms with van der Waals surface area (Å²) >= 11 is 0. The van der Waals surface area contributed by atoms with Crippen LogP contribution >= 0.6 is 0 Å². The molecule has 3 aromatic rings. The molecule has 7 heteroatoms. The van der Waals surface area contributed by atoms with E-state index in [9.17, 15) is 9.59 Å². The molecule has 0 radical (unpaired) electrons. The standard InChI is InChI=1S/C23H23N5O2/c1-16(29)27-20-6-2-4-18(14-20)21-22(26-12-11-25-21)19-5-3-13-28(15-19)23(30)17-7-9-24-10-8-17/h2,4,6-12,14,19H,3,5,13,15H2,1H3,(H,27,29). The first-order chi connectivity index (χ1) is 14.6. The highest BCUT2D eigenvalue weighted by Crippen LogP contribution is 2.33. The van der Waals surface area contributed by atoms with E-state index in [-0.39, 0.29) is 17.7 Å². The number of benzene rings is 1. The van der Waals surface area contributed by atoms with Gasteiger partial charge in [0.25, 0.3) is 5.91 Å². The molecule has 4 rings (SSSR count). The van der Waals surface area contributed by atoms with E-state index < -0.39 is 0 Å². The zero-order valence-electron chi connectivity index (χ0n) is 16.8. The van der Waals surface area contributed by atoms with Crippen LogP contribution in [0.25, 0.3) is 11.3 Å². The van der Waals surface area contributed by atoms with Gasteiger partial charge >= 0.3 is 0 Å². The van der Waals surface area contributed by atoms with Gasteiger partial charge in [-0.05, 0) is 37.1 Å². The SMILES string of the molecule is CC(=O)Nc1cccc(-c2nccnc2C2CCCN(C(=O)c3ccncc3)C2)c1. The average Bonchev–Trinajstić information content (AvgIpc) is 2.79. The van der Waals surface area contributed by atoms with Crippen LogP contribution < -0.4 is 5.32 Å². The van der Waals surface area contributed by atoms with Crippen LogP contribution in [0.15, 0.2) is 61.2 Å². The molecule has 1 fully saturated rings. The Morgan fingerprint density at radius 2 is 1.87 bits per heavy atom. The fourth-order valence-corrected chi connectivity index (χ4v) is 3.88. The predicted molar refractivity (Wildman–Crippen MR) is 114 cm³/mol. The number of nitrogens with zero attached hydrogens (tertiary/aromatic N) is 4. The Kier molecular flexibility index (Phi) is 5.79. The summed E-state index contributed by atoms with van der Waals surface area (Å²) in [6, 6.07) is 11.1. The molecule has 2 amide bonds. The van der Waals surface area contributed by atoms with Gasteiger partial charge in [0, 0.05) is 67.5 Å². The predicted octanol–water partition coefficient (Wildman–Crippen LogP) is 3.52. The van der Waals surface area contributed by atoms with Crippen molar-refractivity contribution in [3.8, 4) is 11.3 Å². The molecule has 1 N–H and O–H groups in total. The van der Waals surface area contributed by atoms with Crippen LogP contribution in [0.5, 0.6) is 0 Å². The maximum atomic E-state index is 12.9. The normalized spacial score (nSPS) is 16.2. The van der Waals surface area contributed by atoms with E-state index in [4.69, 9.17) is 0 Å². The lowest BCUT2D eigenvalue weighted by atomic mass is 9.91. The molecular weight excluding hydrogens is 378 g/mol. The molecule has 1 saturated heterocycles. The zero-order valence-corrected chi connectivity index (χ0v) is 16.8. The monoisotopic (exact) mass is 401 g/mol. The highest BCUT2D eigenvalue weighted by molar-refractivity contribution is 5.94. The van der Waals surface area contributed by atoms with E-state index in [1.165, 1.54) is 6.92 Å². The molecule has 1 aromatic carbocycles. The Bertz CT molecular complexity index is 1050. The second-order valence-electron chi connectivity index (χ2n) is 7.38. The number of piperidine rings is 1. The minimum absolute atomic E-state index is 0.0141. The maximum Gasteiger partial charge on any atom is 0.253 e. The van der Waals surface area contributed by atoms with Gasteiger partial charge in [0.2, 0.25) is 5.91 Å². The molecule has 0 saturated carbocycles. The van der Waals surface area contributed by atoms with Crippen LogP contribution in [-0.2, 0) is 4.79 Å². The minimum atomic E-state index is -0.121. The Balaban J connectivity index is 1.61. The summed E-state index contributed by atoms with van der Waals surface area (Å²) in [5, 5.41) is 2.81. The molecule has 0 aliphatic carbocycles. The molecule has 3 heterocycles. The summed E-state index contributed by atoms with van der Waals surface area (Å²) in [7, 11) is 0. The minimum Gasteiger partial charge on any atom is -0.338 e. The Morgan fingerprint density at radius 3 is 2.67 bits per heavy atom. The summed E-state index contributed by atoms with van der Waals surface area (Å²) in [4.78, 5) is 39.4. The number of pyridine rings is 1. The molecule has 1 aliphatic heterocycles. The summed E-state index contributed by atoms with van der Waals surface area (Å²) in [5.74, 6) is -0.0121. The Labute approximate surface area is 175 Å². The van der Waals surface area contributed by atoms with Crippen LogP contribution in [0, 0.1) is 0 Å². The largest absolute Gasteiger partial charge is 0.338 e. The number of hydrogen-bond donors (Lipinski definition) is 1. The second-order valence-corrected chi connectivity index (χ2v) is 7.38. The first-order valence-electron chi connectivity index (χ1n) is 10.00. The van der Waals surface area contributed by atoms with Crippen LogP contribution in [0.3, 0.4) is 0 Å². The van der Waals surface area contributed by atoms with Crippen LogP contribution in [0.1, 0.15) is 41.7 Å². The zero-order chi connectivity index (χ0) is 20.9. The van der Waals surface area contributed by atoms with Crippen molar-refractivity contribution in [3.05, 3.63) is 72.4 Å². The number of carbonyl (C=O) groups excluding carboxylic acids is 2. The van der Waals surface area contributed by atoms with E-state index in [0.29, 0.717) is 12.1 Å². The van der Waals surface area contributed by atoms with Gasteiger partial charge in [0.15, 0.2) is 0 Å². The number of aromatic nitrogens is 3. The van der Waals surface area contributed by atoms with Gasteiger partial charge in [-0.1, -0.05) is 12.1 Å². The number of hydrogen-bond acceptors (Lipinski definition) is 5. The van der Waals surface area contributed by atoms with Gasteiger partial charge in [0.1, 0.15) is 0 Å². The summed E-state index contributed by atoms with van der Waals surface area (Å²) in [5.41, 5.74) is 3.92. The molecule has 7 nitrogen and oxygen atoms in total. The van der Waals surface area contributed by atoms with Crippen molar-refractivity contribution in [3.63, 3.8) is 0 Å². The van der Waals surface area contributed by atoms with Gasteiger partial charge in [-0.3, -0.25) is 24.5 Å². The maximum absolute atomic E-state index is 12.9. The van der Waals surface area contributed by atoms with Crippen LogP contribution in [0.2, 0.25) is 0 Å². The first-order valence-corrected chi connectivity index (χ1v) is 10.00. The highest BCUT2D eigenvalue weighted by Gasteiger charge is 2.28. The molecule has 1 atom stereocenters. The lowest BCUT2D eigenvalue weighted by Gasteiger charge is -2.33. The lowest BCUT2D eigenvalue weighted by Crippen LogP contribution is -2.39. The average molecular weight is 401 g/mol. The molecule has 30 heavy (non-hydrogen) atoms. The van der Waals surface area contributed by atoms with Crippen molar-refractivity contribution in [2.24, 2.45) is 0 Å². The summed E-state index contributed by atoms with van der Waals surface area (Å²) < 4.78 is 0. The van der Waals surface area contributed by atoms with E-state index >= 15 is 0 Å². The van der Waals surface area contributed by atoms with Gasteiger partial charge < -0.3 is 10.2 Å². The van der Waals surface area contributed by atoms with Crippen molar-refractivity contribution < 1.29 is 9.59 Å². The third-order valence-corrected chi connectivity index (χ3v) is 5.21. The molecule has 1 aliphatic rings. The number of nitrogens with one attached hydrogen (secondary N) is 1. The second kappa shape index (κ2) is 8.82. The fraction of sp³-hybridized carbons (Fsp3) is 0.261. The number of likely N-dealkylation sites (tertiary alicyclic amines) is 1. The molecular formula is C23H23N5O2. The van der Waals surface area contributed by atoms with Gasteiger partial charge in [-0.15, -0.1) is 0 Å². The van der Waals surface area contributed by atoms with Gasteiger partial charge in [-0.25, -0.2) is 0 Å². The topological polar surface area (TPSA) is 88.1 Å². The third-order valence-electron chi connectivity index (χ3n) is 5.21. The molecule has 0 bridgehead atoms. The highest BCUT2D eigenvalue weighted by atomic mass is 16.2. The van der Waals surface area contributed by atoms with Gasteiger partial charge in [0.05, 0.1) is 11.4 Å². The molecule has 1 unspecified atom stereocenters. The van der Waals surface area contributed by atoms with E-state index in [2.05, 4.69) is 20.3 Å². The molecule has 152 valence electrons. The Morgan fingerprint density at radius 1 is 1.07 bits per heavy atom. The van der Waals surface area contributed by atoms with E-state index in [0.717, 1.165) is 42.0 Å². The van der Waals surface area contributed by atoms with Crippen molar-refractivity contribution in [1.29, 1.82) is 0 Å². The van der Waals surface area contributed by atoms with Crippen molar-refractivity contribution in [2.45, 2.75) is 25.7 Å². The summed E-state index contributed by atoms with van der Waals surface area (Å²) in [6.45, 7) is 2.81. The number of amides is 2. The first kappa shape index (κ1) is 19.7. The van der Waals surface area contributed by atoms with Crippen molar-refractivity contribution in [1.82, 2.24) is 19.9 Å². The van der Waals surface area contributed by atoms with Crippen molar-refractivity contribution >= 4 is 17.5 Å². The fourth-order valence-electron chi connectivity index (χ4n) is 3.88. The third kappa shape index (κ3) is 4.35. The molecule has 2 aromatic heterocycles. The number of anilines is 1. The van der Waals surface area contributed by atoms with Crippen LogP contribution in [0.4, 0.5) is 5.69 Å².